The molecule has 4 nitrogen and oxygen atoms in total. The second-order valence-electron chi connectivity index (χ2n) is 5.92. The molecule has 28 heavy (non-hydrogen) atoms. The van der Waals surface area contributed by atoms with Gasteiger partial charge in [-0.05, 0) is 29.8 Å². The zero-order valence-electron chi connectivity index (χ0n) is 14.9. The summed E-state index contributed by atoms with van der Waals surface area (Å²) < 4.78 is 5.88. The van der Waals surface area contributed by atoms with Crippen LogP contribution in [0.1, 0.15) is 11.1 Å². The van der Waals surface area contributed by atoms with Crippen molar-refractivity contribution in [3.8, 4) is 11.8 Å². The summed E-state index contributed by atoms with van der Waals surface area (Å²) in [4.78, 5) is 12.5. The van der Waals surface area contributed by atoms with Crippen molar-refractivity contribution in [1.82, 2.24) is 0 Å². The van der Waals surface area contributed by atoms with Gasteiger partial charge in [-0.3, -0.25) is 4.79 Å². The molecule has 0 atom stereocenters. The molecule has 1 N–H and O–H groups in total. The lowest BCUT2D eigenvalue weighted by molar-refractivity contribution is -0.112. The van der Waals surface area contributed by atoms with Crippen LogP contribution >= 0.6 is 11.6 Å². The number of hydrogen-bond donors (Lipinski definition) is 1. The van der Waals surface area contributed by atoms with Crippen LogP contribution in [-0.2, 0) is 11.4 Å². The van der Waals surface area contributed by atoms with Crippen molar-refractivity contribution in [1.29, 1.82) is 5.26 Å². The molecule has 3 aromatic rings. The Labute approximate surface area is 168 Å². The molecule has 0 bridgehead atoms. The topological polar surface area (TPSA) is 62.1 Å². The average Bonchev–Trinajstić information content (AvgIpc) is 2.73. The minimum absolute atomic E-state index is 0.0457. The van der Waals surface area contributed by atoms with E-state index in [1.807, 2.05) is 48.5 Å². The molecule has 0 fully saturated rings. The zero-order valence-corrected chi connectivity index (χ0v) is 15.7. The van der Waals surface area contributed by atoms with E-state index in [2.05, 4.69) is 5.32 Å². The van der Waals surface area contributed by atoms with E-state index in [-0.39, 0.29) is 5.57 Å². The molecule has 138 valence electrons. The summed E-state index contributed by atoms with van der Waals surface area (Å²) in [6, 6.07) is 25.8. The van der Waals surface area contributed by atoms with Crippen molar-refractivity contribution in [2.24, 2.45) is 0 Å². The first-order valence-corrected chi connectivity index (χ1v) is 8.98. The van der Waals surface area contributed by atoms with Crippen molar-refractivity contribution >= 4 is 29.3 Å². The first kappa shape index (κ1) is 19.2. The molecule has 1 amide bonds. The van der Waals surface area contributed by atoms with Gasteiger partial charge in [0.1, 0.15) is 24.0 Å². The van der Waals surface area contributed by atoms with Crippen LogP contribution < -0.4 is 10.1 Å². The Hall–Kier alpha value is -3.55. The van der Waals surface area contributed by atoms with E-state index in [9.17, 15) is 10.1 Å². The number of benzene rings is 3. The Morgan fingerprint density at radius 3 is 2.43 bits per heavy atom. The van der Waals surface area contributed by atoms with Crippen molar-refractivity contribution in [2.75, 3.05) is 5.32 Å². The molecule has 0 aliphatic heterocycles. The smallest absolute Gasteiger partial charge is 0.266 e. The maximum absolute atomic E-state index is 12.5. The van der Waals surface area contributed by atoms with Crippen LogP contribution in [0.4, 0.5) is 5.69 Å². The highest BCUT2D eigenvalue weighted by atomic mass is 35.5. The molecule has 0 heterocycles. The molecular weight excluding hydrogens is 372 g/mol. The number of amides is 1. The lowest BCUT2D eigenvalue weighted by Crippen LogP contribution is -2.13. The summed E-state index contributed by atoms with van der Waals surface area (Å²) in [6.07, 6.45) is 1.51. The molecule has 0 aliphatic rings. The second-order valence-corrected chi connectivity index (χ2v) is 6.32. The van der Waals surface area contributed by atoms with Crippen LogP contribution in [0.3, 0.4) is 0 Å². The highest BCUT2D eigenvalue weighted by Gasteiger charge is 2.12. The number of halogens is 1. The fraction of sp³-hybridized carbons (Fsp3) is 0.0435. The van der Waals surface area contributed by atoms with Gasteiger partial charge in [0.15, 0.2) is 0 Å². The zero-order chi connectivity index (χ0) is 19.8. The molecule has 0 saturated carbocycles. The molecule has 0 unspecified atom stereocenters. The maximum Gasteiger partial charge on any atom is 0.266 e. The fourth-order valence-corrected chi connectivity index (χ4v) is 2.71. The van der Waals surface area contributed by atoms with E-state index in [1.54, 1.807) is 36.4 Å². The molecule has 0 aromatic heterocycles. The lowest BCUT2D eigenvalue weighted by atomic mass is 10.1. The number of rotatable bonds is 6. The Morgan fingerprint density at radius 2 is 1.68 bits per heavy atom. The van der Waals surface area contributed by atoms with Crippen LogP contribution in [0.15, 0.2) is 84.4 Å². The fourth-order valence-electron chi connectivity index (χ4n) is 2.52. The number of hydrogen-bond acceptors (Lipinski definition) is 3. The van der Waals surface area contributed by atoms with E-state index in [1.165, 1.54) is 6.08 Å². The third-order valence-corrected chi connectivity index (χ3v) is 4.27. The van der Waals surface area contributed by atoms with Gasteiger partial charge in [-0.15, -0.1) is 0 Å². The minimum atomic E-state index is -0.534. The number of anilines is 1. The number of para-hydroxylation sites is 2. The summed E-state index contributed by atoms with van der Waals surface area (Å²) in [5.41, 5.74) is 2.07. The normalized spacial score (nSPS) is 10.8. The van der Waals surface area contributed by atoms with E-state index in [0.717, 1.165) is 5.56 Å². The summed E-state index contributed by atoms with van der Waals surface area (Å²) >= 11 is 6.06. The molecule has 0 aliphatic carbocycles. The highest BCUT2D eigenvalue weighted by molar-refractivity contribution is 6.34. The number of nitriles is 1. The molecule has 3 rings (SSSR count). The van der Waals surface area contributed by atoms with Crippen molar-refractivity contribution in [3.05, 3.63) is 101 Å². The first-order valence-electron chi connectivity index (χ1n) is 8.61. The average molecular weight is 389 g/mol. The molecule has 0 spiro atoms. The summed E-state index contributed by atoms with van der Waals surface area (Å²) in [5, 5.41) is 12.5. The van der Waals surface area contributed by atoms with Gasteiger partial charge in [0, 0.05) is 5.56 Å². The van der Waals surface area contributed by atoms with Crippen LogP contribution in [0.5, 0.6) is 5.75 Å². The minimum Gasteiger partial charge on any atom is -0.488 e. The number of nitrogens with zero attached hydrogens (tertiary/aromatic N) is 1. The monoisotopic (exact) mass is 388 g/mol. The largest absolute Gasteiger partial charge is 0.488 e. The highest BCUT2D eigenvalue weighted by Crippen LogP contribution is 2.24. The standard InChI is InChI=1S/C23H17ClN2O2/c24-20-11-5-6-12-21(20)26-23(27)19(15-25)14-18-10-4-7-13-22(18)28-16-17-8-2-1-3-9-17/h1-14H,16H2,(H,26,27)/b19-14+. The second kappa shape index (κ2) is 9.40. The van der Waals surface area contributed by atoms with Crippen molar-refractivity contribution < 1.29 is 9.53 Å². The van der Waals surface area contributed by atoms with Gasteiger partial charge in [0.25, 0.3) is 5.91 Å². The van der Waals surface area contributed by atoms with E-state index in [0.29, 0.717) is 28.6 Å². The molecule has 0 radical (unpaired) electrons. The predicted octanol–water partition coefficient (Wildman–Crippen LogP) is 5.46. The number of carbonyl (C=O) groups excluding carboxylic acids is 1. The number of carbonyl (C=O) groups is 1. The van der Waals surface area contributed by atoms with Crippen LogP contribution in [-0.4, -0.2) is 5.91 Å². The molecule has 3 aromatic carbocycles. The third-order valence-electron chi connectivity index (χ3n) is 3.94. The molecular formula is C23H17ClN2O2. The lowest BCUT2D eigenvalue weighted by Gasteiger charge is -2.10. The quantitative estimate of drug-likeness (QED) is 0.450. The van der Waals surface area contributed by atoms with Crippen LogP contribution in [0.2, 0.25) is 5.02 Å². The van der Waals surface area contributed by atoms with Crippen molar-refractivity contribution in [3.63, 3.8) is 0 Å². The number of ether oxygens (including phenoxy) is 1. The van der Waals surface area contributed by atoms with Gasteiger partial charge in [-0.2, -0.15) is 5.26 Å². The Bertz CT molecular complexity index is 1040. The van der Waals surface area contributed by atoms with E-state index < -0.39 is 5.91 Å². The summed E-state index contributed by atoms with van der Waals surface area (Å²) in [7, 11) is 0. The summed E-state index contributed by atoms with van der Waals surface area (Å²) in [6.45, 7) is 0.388. The van der Waals surface area contributed by atoms with Gasteiger partial charge in [-0.1, -0.05) is 72.3 Å². The molecule has 5 heteroatoms. The summed E-state index contributed by atoms with van der Waals surface area (Å²) in [5.74, 6) is 0.0538. The number of nitrogens with one attached hydrogen (secondary N) is 1. The van der Waals surface area contributed by atoms with Gasteiger partial charge >= 0.3 is 0 Å². The van der Waals surface area contributed by atoms with Crippen molar-refractivity contribution in [2.45, 2.75) is 6.61 Å². The Kier molecular flexibility index (Phi) is 6.46. The SMILES string of the molecule is N#C/C(=C\c1ccccc1OCc1ccccc1)C(=O)Nc1ccccc1Cl. The van der Waals surface area contributed by atoms with E-state index >= 15 is 0 Å². The van der Waals surface area contributed by atoms with Gasteiger partial charge in [0.2, 0.25) is 0 Å². The van der Waals surface area contributed by atoms with Gasteiger partial charge in [0.05, 0.1) is 10.7 Å². The van der Waals surface area contributed by atoms with Crippen LogP contribution in [0, 0.1) is 11.3 Å². The van der Waals surface area contributed by atoms with Crippen LogP contribution in [0.25, 0.3) is 6.08 Å². The predicted molar refractivity (Wildman–Crippen MR) is 111 cm³/mol. The third kappa shape index (κ3) is 5.00. The van der Waals surface area contributed by atoms with Gasteiger partial charge < -0.3 is 10.1 Å². The molecule has 0 saturated heterocycles. The maximum atomic E-state index is 12.5. The van der Waals surface area contributed by atoms with E-state index in [4.69, 9.17) is 16.3 Å². The Balaban J connectivity index is 1.79. The first-order chi connectivity index (χ1) is 13.7. The Morgan fingerprint density at radius 1 is 1.00 bits per heavy atom. The van der Waals surface area contributed by atoms with Gasteiger partial charge in [-0.25, -0.2) is 0 Å².